The molecule has 0 unspecified atom stereocenters. The number of rotatable bonds is 4. The molecule has 2 aromatic rings. The molecule has 6 heteroatoms. The van der Waals surface area contributed by atoms with Gasteiger partial charge in [0, 0.05) is 23.6 Å². The second kappa shape index (κ2) is 5.48. The van der Waals surface area contributed by atoms with Gasteiger partial charge in [0.15, 0.2) is 0 Å². The molecule has 0 fully saturated rings. The maximum absolute atomic E-state index is 11.1. The van der Waals surface area contributed by atoms with Gasteiger partial charge in [-0.15, -0.1) is 11.3 Å². The first-order chi connectivity index (χ1) is 8.61. The van der Waals surface area contributed by atoms with E-state index in [-0.39, 0.29) is 17.9 Å². The van der Waals surface area contributed by atoms with Crippen LogP contribution in [-0.4, -0.2) is 27.8 Å². The number of carbonyl (C=O) groups is 1. The van der Waals surface area contributed by atoms with Crippen molar-refractivity contribution < 1.29 is 15.0 Å². The maximum atomic E-state index is 11.1. The van der Waals surface area contributed by atoms with Crippen LogP contribution in [-0.2, 0) is 6.42 Å². The van der Waals surface area contributed by atoms with Crippen LogP contribution in [0.25, 0.3) is 10.6 Å². The first kappa shape index (κ1) is 13.0. The van der Waals surface area contributed by atoms with E-state index in [1.807, 2.05) is 6.07 Å². The SMILES string of the molecule is O=C(O)c1sc(-c2cccc(Cl)c2)nc1CCO. The van der Waals surface area contributed by atoms with Crippen molar-refractivity contribution in [1.82, 2.24) is 4.98 Å². The van der Waals surface area contributed by atoms with Crippen molar-refractivity contribution in [2.75, 3.05) is 6.61 Å². The van der Waals surface area contributed by atoms with Crippen molar-refractivity contribution in [1.29, 1.82) is 0 Å². The van der Waals surface area contributed by atoms with Crippen molar-refractivity contribution in [2.45, 2.75) is 6.42 Å². The van der Waals surface area contributed by atoms with Gasteiger partial charge in [-0.2, -0.15) is 0 Å². The number of aromatic nitrogens is 1. The summed E-state index contributed by atoms with van der Waals surface area (Å²) in [6.45, 7) is -0.126. The van der Waals surface area contributed by atoms with E-state index < -0.39 is 5.97 Å². The molecule has 1 heterocycles. The van der Waals surface area contributed by atoms with Gasteiger partial charge in [-0.1, -0.05) is 23.7 Å². The van der Waals surface area contributed by atoms with Gasteiger partial charge in [-0.3, -0.25) is 0 Å². The molecule has 1 aromatic carbocycles. The Labute approximate surface area is 112 Å². The molecule has 1 aromatic heterocycles. The van der Waals surface area contributed by atoms with E-state index in [1.54, 1.807) is 18.2 Å². The fourth-order valence-electron chi connectivity index (χ4n) is 1.54. The van der Waals surface area contributed by atoms with Crippen molar-refractivity contribution in [3.8, 4) is 10.6 Å². The normalized spacial score (nSPS) is 10.6. The van der Waals surface area contributed by atoms with Crippen molar-refractivity contribution in [3.63, 3.8) is 0 Å². The second-order valence-electron chi connectivity index (χ2n) is 3.58. The predicted octanol–water partition coefficient (Wildman–Crippen LogP) is 2.70. The third-order valence-electron chi connectivity index (χ3n) is 2.31. The summed E-state index contributed by atoms with van der Waals surface area (Å²) in [6, 6.07) is 7.07. The lowest BCUT2D eigenvalue weighted by molar-refractivity contribution is 0.0700. The zero-order valence-corrected chi connectivity index (χ0v) is 10.8. The quantitative estimate of drug-likeness (QED) is 0.905. The van der Waals surface area contributed by atoms with Crippen LogP contribution in [0, 0.1) is 0 Å². The van der Waals surface area contributed by atoms with Crippen LogP contribution in [0.1, 0.15) is 15.4 Å². The minimum atomic E-state index is -1.02. The summed E-state index contributed by atoms with van der Waals surface area (Å²) >= 11 is 6.97. The van der Waals surface area contributed by atoms with Crippen LogP contribution in [0.15, 0.2) is 24.3 Å². The first-order valence-electron chi connectivity index (χ1n) is 5.21. The number of aliphatic hydroxyl groups excluding tert-OH is 1. The standard InChI is InChI=1S/C12H10ClNO3S/c13-8-3-1-2-7(6-8)11-14-9(4-5-15)10(18-11)12(16)17/h1-3,6,15H,4-5H2,(H,16,17). The highest BCUT2D eigenvalue weighted by atomic mass is 35.5. The van der Waals surface area contributed by atoms with Gasteiger partial charge in [0.25, 0.3) is 0 Å². The number of aliphatic hydroxyl groups is 1. The number of carboxylic acid groups (broad SMARTS) is 1. The lowest BCUT2D eigenvalue weighted by Crippen LogP contribution is -2.01. The molecule has 0 radical (unpaired) electrons. The summed E-state index contributed by atoms with van der Waals surface area (Å²) in [7, 11) is 0. The minimum Gasteiger partial charge on any atom is -0.477 e. The number of halogens is 1. The molecule has 18 heavy (non-hydrogen) atoms. The molecule has 4 nitrogen and oxygen atoms in total. The Hall–Kier alpha value is -1.43. The molecule has 2 N–H and O–H groups in total. The number of benzene rings is 1. The van der Waals surface area contributed by atoms with E-state index in [1.165, 1.54) is 0 Å². The lowest BCUT2D eigenvalue weighted by Gasteiger charge is -1.96. The highest BCUT2D eigenvalue weighted by Crippen LogP contribution is 2.29. The molecule has 0 aliphatic carbocycles. The summed E-state index contributed by atoms with van der Waals surface area (Å²) in [5, 5.41) is 19.1. The summed E-state index contributed by atoms with van der Waals surface area (Å²) in [4.78, 5) is 15.5. The summed E-state index contributed by atoms with van der Waals surface area (Å²) in [5.41, 5.74) is 1.18. The predicted molar refractivity (Wildman–Crippen MR) is 70.3 cm³/mol. The van der Waals surface area contributed by atoms with Gasteiger partial charge in [-0.05, 0) is 12.1 Å². The number of aromatic carboxylic acids is 1. The molecule has 0 aliphatic rings. The molecule has 0 atom stereocenters. The van der Waals surface area contributed by atoms with E-state index in [9.17, 15) is 4.79 Å². The Morgan fingerprint density at radius 3 is 2.83 bits per heavy atom. The molecule has 0 saturated carbocycles. The molecule has 0 bridgehead atoms. The Balaban J connectivity index is 2.46. The molecule has 94 valence electrons. The summed E-state index contributed by atoms with van der Waals surface area (Å²) < 4.78 is 0. The minimum absolute atomic E-state index is 0.126. The Bertz CT molecular complexity index is 582. The van der Waals surface area contributed by atoms with E-state index in [0.29, 0.717) is 15.7 Å². The van der Waals surface area contributed by atoms with Crippen molar-refractivity contribution >= 4 is 28.9 Å². The topological polar surface area (TPSA) is 70.4 Å². The van der Waals surface area contributed by atoms with Crippen LogP contribution >= 0.6 is 22.9 Å². The van der Waals surface area contributed by atoms with E-state index in [4.69, 9.17) is 21.8 Å². The Kier molecular flexibility index (Phi) is 3.96. The fraction of sp³-hybridized carbons (Fsp3) is 0.167. The average Bonchev–Trinajstić information content (AvgIpc) is 2.74. The Morgan fingerprint density at radius 1 is 1.44 bits per heavy atom. The van der Waals surface area contributed by atoms with Gasteiger partial charge < -0.3 is 10.2 Å². The van der Waals surface area contributed by atoms with Crippen molar-refractivity contribution in [3.05, 3.63) is 39.9 Å². The highest BCUT2D eigenvalue weighted by molar-refractivity contribution is 7.17. The van der Waals surface area contributed by atoms with Crippen LogP contribution in [0.5, 0.6) is 0 Å². The highest BCUT2D eigenvalue weighted by Gasteiger charge is 2.17. The largest absolute Gasteiger partial charge is 0.477 e. The zero-order valence-electron chi connectivity index (χ0n) is 9.26. The third kappa shape index (κ3) is 2.69. The van der Waals surface area contributed by atoms with Gasteiger partial charge in [0.05, 0.1) is 5.69 Å². The second-order valence-corrected chi connectivity index (χ2v) is 5.02. The van der Waals surface area contributed by atoms with E-state index >= 15 is 0 Å². The molecule has 0 saturated heterocycles. The number of hydrogen-bond donors (Lipinski definition) is 2. The zero-order chi connectivity index (χ0) is 13.1. The smallest absolute Gasteiger partial charge is 0.347 e. The van der Waals surface area contributed by atoms with Gasteiger partial charge in [0.2, 0.25) is 0 Å². The molecular formula is C12H10ClNO3S. The first-order valence-corrected chi connectivity index (χ1v) is 6.41. The van der Waals surface area contributed by atoms with Crippen LogP contribution in [0.2, 0.25) is 5.02 Å². The molecule has 0 spiro atoms. The number of nitrogens with zero attached hydrogens (tertiary/aromatic N) is 1. The summed E-state index contributed by atoms with van der Waals surface area (Å²) in [6.07, 6.45) is 0.235. The fourth-order valence-corrected chi connectivity index (χ4v) is 2.68. The molecule has 2 rings (SSSR count). The monoisotopic (exact) mass is 283 g/mol. The number of thiazole rings is 1. The number of carboxylic acids is 1. The maximum Gasteiger partial charge on any atom is 0.347 e. The van der Waals surface area contributed by atoms with Crippen LogP contribution < -0.4 is 0 Å². The third-order valence-corrected chi connectivity index (χ3v) is 3.68. The lowest BCUT2D eigenvalue weighted by atomic mass is 10.2. The molecule has 0 amide bonds. The van der Waals surface area contributed by atoms with Crippen molar-refractivity contribution in [2.24, 2.45) is 0 Å². The number of hydrogen-bond acceptors (Lipinski definition) is 4. The molecular weight excluding hydrogens is 274 g/mol. The van der Waals surface area contributed by atoms with Gasteiger partial charge in [-0.25, -0.2) is 9.78 Å². The Morgan fingerprint density at radius 2 is 2.22 bits per heavy atom. The van der Waals surface area contributed by atoms with Crippen LogP contribution in [0.4, 0.5) is 0 Å². The van der Waals surface area contributed by atoms with Crippen LogP contribution in [0.3, 0.4) is 0 Å². The van der Waals surface area contributed by atoms with E-state index in [0.717, 1.165) is 16.9 Å². The van der Waals surface area contributed by atoms with Gasteiger partial charge >= 0.3 is 5.97 Å². The van der Waals surface area contributed by atoms with E-state index in [2.05, 4.69) is 4.98 Å². The average molecular weight is 284 g/mol. The molecule has 0 aliphatic heterocycles. The van der Waals surface area contributed by atoms with Gasteiger partial charge in [0.1, 0.15) is 9.88 Å². The summed E-state index contributed by atoms with van der Waals surface area (Å²) in [5.74, 6) is -1.02.